The molecule has 9 rings (SSSR count). The van der Waals surface area contributed by atoms with Gasteiger partial charge in [0.2, 0.25) is 0 Å². The molecule has 0 radical (unpaired) electrons. The van der Waals surface area contributed by atoms with E-state index in [4.69, 9.17) is 0 Å². The summed E-state index contributed by atoms with van der Waals surface area (Å²) in [5, 5.41) is 5.04. The van der Waals surface area contributed by atoms with Crippen LogP contribution in [-0.4, -0.2) is 0 Å². The maximum Gasteiger partial charge on any atom is -0.00261 e. The first kappa shape index (κ1) is 29.6. The second-order valence-corrected chi connectivity index (χ2v) is 12.9. The predicted octanol–water partition coefficient (Wildman–Crippen LogP) is 14.0. The molecule has 0 atom stereocenters. The molecule has 0 aromatic heterocycles. The minimum Gasteiger partial charge on any atom is -0.0622 e. The van der Waals surface area contributed by atoms with Crippen molar-refractivity contribution in [2.24, 2.45) is 0 Å². The number of fused-ring (bicyclic) bond motifs is 2. The first-order valence-electron chi connectivity index (χ1n) is 17.3. The van der Waals surface area contributed by atoms with Gasteiger partial charge in [-0.3, -0.25) is 0 Å². The van der Waals surface area contributed by atoms with Crippen LogP contribution in [0.25, 0.3) is 88.3 Å². The molecule has 0 saturated carbocycles. The van der Waals surface area contributed by atoms with Gasteiger partial charge in [0.25, 0.3) is 0 Å². The molecule has 0 saturated heterocycles. The molecule has 0 nitrogen and oxygen atoms in total. The van der Waals surface area contributed by atoms with Crippen molar-refractivity contribution in [2.75, 3.05) is 0 Å². The standard InChI is InChI=1S/C50H34/c1-4-16-35(17-5-1)38-22-14-24-40(32-38)43-31-30-42(34-48(43)41-25-15-23-39(33-41)36-18-6-2-7-19-36)50-46-28-12-10-26-44(46)49(37-20-8-3-9-21-37)45-27-11-13-29-47(45)50/h1-34H. The monoisotopic (exact) mass is 634 g/mol. The minimum atomic E-state index is 1.20. The van der Waals surface area contributed by atoms with Gasteiger partial charge in [0.05, 0.1) is 0 Å². The van der Waals surface area contributed by atoms with Gasteiger partial charge in [-0.2, -0.15) is 0 Å². The SMILES string of the molecule is c1ccc(-c2cccc(-c3ccc(-c4c5ccccc5c(-c5ccccc5)c5ccccc45)cc3-c3cccc(-c4ccccc4)c3)c2)cc1. The lowest BCUT2D eigenvalue weighted by Gasteiger charge is -2.19. The normalized spacial score (nSPS) is 11.2. The summed E-state index contributed by atoms with van der Waals surface area (Å²) in [4.78, 5) is 0. The van der Waals surface area contributed by atoms with E-state index < -0.39 is 0 Å². The highest BCUT2D eigenvalue weighted by molar-refractivity contribution is 6.21. The fourth-order valence-corrected chi connectivity index (χ4v) is 7.54. The van der Waals surface area contributed by atoms with Crippen molar-refractivity contribution in [1.82, 2.24) is 0 Å². The van der Waals surface area contributed by atoms with Crippen LogP contribution in [0.3, 0.4) is 0 Å². The third-order valence-corrected chi connectivity index (χ3v) is 9.86. The topological polar surface area (TPSA) is 0 Å². The number of rotatable bonds is 6. The summed E-state index contributed by atoms with van der Waals surface area (Å²) in [6.07, 6.45) is 0. The molecule has 0 amide bonds. The van der Waals surface area contributed by atoms with Crippen molar-refractivity contribution < 1.29 is 0 Å². The van der Waals surface area contributed by atoms with Crippen molar-refractivity contribution in [1.29, 1.82) is 0 Å². The molecular weight excluding hydrogens is 601 g/mol. The van der Waals surface area contributed by atoms with Gasteiger partial charge in [-0.1, -0.05) is 188 Å². The van der Waals surface area contributed by atoms with Gasteiger partial charge in [-0.25, -0.2) is 0 Å². The van der Waals surface area contributed by atoms with Crippen molar-refractivity contribution in [3.63, 3.8) is 0 Å². The molecule has 0 aliphatic carbocycles. The van der Waals surface area contributed by atoms with E-state index in [-0.39, 0.29) is 0 Å². The van der Waals surface area contributed by atoms with E-state index >= 15 is 0 Å². The third-order valence-electron chi connectivity index (χ3n) is 9.86. The lowest BCUT2D eigenvalue weighted by atomic mass is 9.84. The van der Waals surface area contributed by atoms with Crippen molar-refractivity contribution in [3.8, 4) is 66.8 Å². The Kier molecular flexibility index (Phi) is 7.61. The van der Waals surface area contributed by atoms with Crippen LogP contribution >= 0.6 is 0 Å². The van der Waals surface area contributed by atoms with Gasteiger partial charge in [0.15, 0.2) is 0 Å². The van der Waals surface area contributed by atoms with Gasteiger partial charge in [0.1, 0.15) is 0 Å². The summed E-state index contributed by atoms with van der Waals surface area (Å²) < 4.78 is 0. The Morgan fingerprint density at radius 2 is 0.540 bits per heavy atom. The summed E-state index contributed by atoms with van der Waals surface area (Å²) in [6, 6.07) is 75.0. The van der Waals surface area contributed by atoms with Crippen LogP contribution in [0.1, 0.15) is 0 Å². The molecule has 9 aromatic rings. The van der Waals surface area contributed by atoms with Crippen LogP contribution < -0.4 is 0 Å². The molecular formula is C50H34. The first-order chi connectivity index (χ1) is 24.8. The van der Waals surface area contributed by atoms with Crippen LogP contribution in [0.5, 0.6) is 0 Å². The Balaban J connectivity index is 1.31. The van der Waals surface area contributed by atoms with Crippen LogP contribution in [0.4, 0.5) is 0 Å². The summed E-state index contributed by atoms with van der Waals surface area (Å²) in [6.45, 7) is 0. The van der Waals surface area contributed by atoms with Crippen molar-refractivity contribution in [3.05, 3.63) is 206 Å². The molecule has 0 fully saturated rings. The second kappa shape index (κ2) is 12.8. The van der Waals surface area contributed by atoms with E-state index in [1.54, 1.807) is 0 Å². The molecule has 0 aliphatic rings. The summed E-state index contributed by atoms with van der Waals surface area (Å²) in [7, 11) is 0. The van der Waals surface area contributed by atoms with E-state index in [9.17, 15) is 0 Å². The van der Waals surface area contributed by atoms with Crippen molar-refractivity contribution >= 4 is 21.5 Å². The van der Waals surface area contributed by atoms with E-state index in [0.717, 1.165) is 0 Å². The minimum absolute atomic E-state index is 1.20. The van der Waals surface area contributed by atoms with Gasteiger partial charge in [0, 0.05) is 0 Å². The highest BCUT2D eigenvalue weighted by Crippen LogP contribution is 2.46. The zero-order chi connectivity index (χ0) is 33.3. The highest BCUT2D eigenvalue weighted by atomic mass is 14.2. The van der Waals surface area contributed by atoms with Crippen LogP contribution in [0.15, 0.2) is 206 Å². The maximum atomic E-state index is 2.42. The summed E-state index contributed by atoms with van der Waals surface area (Å²) in [5.41, 5.74) is 14.7. The van der Waals surface area contributed by atoms with Gasteiger partial charge in [-0.15, -0.1) is 0 Å². The average Bonchev–Trinajstić information content (AvgIpc) is 3.21. The Labute approximate surface area is 293 Å². The van der Waals surface area contributed by atoms with E-state index in [0.29, 0.717) is 0 Å². The van der Waals surface area contributed by atoms with Gasteiger partial charge in [-0.05, 0) is 107 Å². The number of hydrogen-bond donors (Lipinski definition) is 0. The Morgan fingerprint density at radius 3 is 1.02 bits per heavy atom. The van der Waals surface area contributed by atoms with Crippen LogP contribution in [-0.2, 0) is 0 Å². The molecule has 0 N–H and O–H groups in total. The highest BCUT2D eigenvalue weighted by Gasteiger charge is 2.18. The largest absolute Gasteiger partial charge is 0.0622 e. The lowest BCUT2D eigenvalue weighted by molar-refractivity contribution is 1.56. The predicted molar refractivity (Wildman–Crippen MR) is 214 cm³/mol. The quantitative estimate of drug-likeness (QED) is 0.160. The molecule has 50 heavy (non-hydrogen) atoms. The van der Waals surface area contributed by atoms with Crippen molar-refractivity contribution in [2.45, 2.75) is 0 Å². The van der Waals surface area contributed by atoms with Crippen LogP contribution in [0.2, 0.25) is 0 Å². The molecule has 0 spiro atoms. The van der Waals surface area contributed by atoms with Gasteiger partial charge < -0.3 is 0 Å². The smallest absolute Gasteiger partial charge is 0.00261 e. The Bertz CT molecular complexity index is 2560. The molecule has 0 heteroatoms. The lowest BCUT2D eigenvalue weighted by Crippen LogP contribution is -1.93. The number of hydrogen-bond acceptors (Lipinski definition) is 0. The molecule has 0 heterocycles. The van der Waals surface area contributed by atoms with E-state index in [1.807, 2.05) is 0 Å². The maximum absolute atomic E-state index is 2.42. The van der Waals surface area contributed by atoms with E-state index in [2.05, 4.69) is 206 Å². The molecule has 0 unspecified atom stereocenters. The Morgan fingerprint density at radius 1 is 0.180 bits per heavy atom. The number of benzene rings is 9. The van der Waals surface area contributed by atoms with E-state index in [1.165, 1.54) is 88.3 Å². The van der Waals surface area contributed by atoms with Crippen LogP contribution in [0, 0.1) is 0 Å². The molecule has 234 valence electrons. The van der Waals surface area contributed by atoms with Gasteiger partial charge >= 0.3 is 0 Å². The fraction of sp³-hybridized carbons (Fsp3) is 0. The molecule has 9 aromatic carbocycles. The fourth-order valence-electron chi connectivity index (χ4n) is 7.54. The summed E-state index contributed by atoms with van der Waals surface area (Å²) in [5.74, 6) is 0. The second-order valence-electron chi connectivity index (χ2n) is 12.9. The third kappa shape index (κ3) is 5.38. The molecule has 0 bridgehead atoms. The zero-order valence-corrected chi connectivity index (χ0v) is 27.6. The average molecular weight is 635 g/mol. The molecule has 0 aliphatic heterocycles. The summed E-state index contributed by atoms with van der Waals surface area (Å²) >= 11 is 0. The first-order valence-corrected chi connectivity index (χ1v) is 17.3. The zero-order valence-electron chi connectivity index (χ0n) is 27.6. The Hall–Kier alpha value is -6.50.